The Labute approximate surface area is 160 Å². The molecule has 4 rings (SSSR count). The molecule has 2 aromatic heterocycles. The van der Waals surface area contributed by atoms with E-state index in [-0.39, 0.29) is 11.3 Å². The molecule has 3 aromatic rings. The first kappa shape index (κ1) is 17.8. The van der Waals surface area contributed by atoms with Crippen molar-refractivity contribution in [2.45, 2.75) is 52.5 Å². The summed E-state index contributed by atoms with van der Waals surface area (Å²) in [6.07, 6.45) is 4.93. The van der Waals surface area contributed by atoms with E-state index in [1.165, 1.54) is 24.0 Å². The quantitative estimate of drug-likeness (QED) is 0.667. The summed E-state index contributed by atoms with van der Waals surface area (Å²) in [5.74, 6) is 1.31. The Morgan fingerprint density at radius 2 is 1.93 bits per heavy atom. The summed E-state index contributed by atoms with van der Waals surface area (Å²) >= 11 is 0. The zero-order chi connectivity index (χ0) is 19.0. The predicted octanol–water partition coefficient (Wildman–Crippen LogP) is 5.34. The summed E-state index contributed by atoms with van der Waals surface area (Å²) in [6.45, 7) is 7.06. The van der Waals surface area contributed by atoms with Crippen LogP contribution >= 0.6 is 0 Å². The highest BCUT2D eigenvalue weighted by Crippen LogP contribution is 2.44. The van der Waals surface area contributed by atoms with Gasteiger partial charge in [0, 0.05) is 24.7 Å². The Morgan fingerprint density at radius 3 is 2.59 bits per heavy atom. The molecule has 1 N–H and O–H groups in total. The van der Waals surface area contributed by atoms with Crippen molar-refractivity contribution in [3.63, 3.8) is 0 Å². The van der Waals surface area contributed by atoms with Gasteiger partial charge in [-0.1, -0.05) is 51.1 Å². The predicted molar refractivity (Wildman–Crippen MR) is 110 cm³/mol. The number of pyridine rings is 1. The van der Waals surface area contributed by atoms with Gasteiger partial charge < -0.3 is 9.88 Å². The minimum Gasteiger partial charge on any atom is -0.342 e. The van der Waals surface area contributed by atoms with Crippen molar-refractivity contribution in [2.75, 3.05) is 5.32 Å². The number of carbonyl (C=O) groups is 1. The van der Waals surface area contributed by atoms with Crippen LogP contribution in [0.15, 0.2) is 48.7 Å². The van der Waals surface area contributed by atoms with Gasteiger partial charge in [0.05, 0.1) is 11.0 Å². The molecule has 0 aliphatic heterocycles. The molecule has 4 heteroatoms. The first-order valence-electron chi connectivity index (χ1n) is 9.73. The second-order valence-electron chi connectivity index (χ2n) is 8.82. The normalized spacial score (nSPS) is 14.5. The number of nitrogens with one attached hydrogen (secondary N) is 1. The Bertz CT molecular complexity index is 962. The second-order valence-corrected chi connectivity index (χ2v) is 8.82. The van der Waals surface area contributed by atoms with E-state index in [0.717, 1.165) is 23.4 Å². The molecule has 1 amide bonds. The summed E-state index contributed by atoms with van der Waals surface area (Å²) in [6, 6.07) is 14.7. The highest BCUT2D eigenvalue weighted by atomic mass is 16.1. The summed E-state index contributed by atoms with van der Waals surface area (Å²) in [5.41, 5.74) is 4.48. The Morgan fingerprint density at radius 1 is 1.19 bits per heavy atom. The first-order valence-corrected chi connectivity index (χ1v) is 9.73. The molecule has 1 aliphatic rings. The zero-order valence-electron chi connectivity index (χ0n) is 16.3. The van der Waals surface area contributed by atoms with Gasteiger partial charge in [0.15, 0.2) is 0 Å². The molecule has 0 unspecified atom stereocenters. The maximum atomic E-state index is 12.4. The van der Waals surface area contributed by atoms with Crippen molar-refractivity contribution in [3.8, 4) is 0 Å². The van der Waals surface area contributed by atoms with E-state index < -0.39 is 0 Å². The van der Waals surface area contributed by atoms with Crippen LogP contribution in [0.5, 0.6) is 0 Å². The summed E-state index contributed by atoms with van der Waals surface area (Å²) in [5, 5.41) is 3.08. The zero-order valence-corrected chi connectivity index (χ0v) is 16.3. The number of nitrogens with zero attached hydrogens (tertiary/aromatic N) is 2. The fraction of sp³-hybridized carbons (Fsp3) is 0.391. The van der Waals surface area contributed by atoms with Crippen LogP contribution in [-0.4, -0.2) is 15.5 Å². The summed E-state index contributed by atoms with van der Waals surface area (Å²) < 4.78 is 2.24. The lowest BCUT2D eigenvalue weighted by molar-refractivity contribution is -0.117. The standard InChI is InChI=1S/C23H27N3O/c1-23(2,3)14-21(27)25-22-18(17-9-10-17)13-20-19(24-22)11-12-26(20)15-16-7-5-4-6-8-16/h4-8,11-13,17H,9-10,14-15H2,1-3H3,(H,24,25,27). The average molecular weight is 361 g/mol. The molecule has 1 fully saturated rings. The fourth-order valence-electron chi connectivity index (χ4n) is 3.51. The van der Waals surface area contributed by atoms with E-state index in [9.17, 15) is 4.79 Å². The lowest BCUT2D eigenvalue weighted by atomic mass is 9.92. The van der Waals surface area contributed by atoms with Gasteiger partial charge in [-0.15, -0.1) is 0 Å². The number of hydrogen-bond acceptors (Lipinski definition) is 2. The summed E-state index contributed by atoms with van der Waals surface area (Å²) in [4.78, 5) is 17.3. The third kappa shape index (κ3) is 4.21. The van der Waals surface area contributed by atoms with E-state index in [0.29, 0.717) is 12.3 Å². The van der Waals surface area contributed by atoms with Crippen LogP contribution in [0, 0.1) is 5.41 Å². The smallest absolute Gasteiger partial charge is 0.226 e. The number of carbonyl (C=O) groups excluding carboxylic acids is 1. The number of benzene rings is 1. The van der Waals surface area contributed by atoms with Crippen molar-refractivity contribution >= 4 is 22.8 Å². The maximum absolute atomic E-state index is 12.4. The molecular weight excluding hydrogens is 334 g/mol. The highest BCUT2D eigenvalue weighted by Gasteiger charge is 2.29. The lowest BCUT2D eigenvalue weighted by Gasteiger charge is -2.18. The Kier molecular flexibility index (Phi) is 4.50. The third-order valence-electron chi connectivity index (χ3n) is 4.94. The molecule has 0 spiro atoms. The van der Waals surface area contributed by atoms with Gasteiger partial charge in [-0.3, -0.25) is 4.79 Å². The van der Waals surface area contributed by atoms with Gasteiger partial charge >= 0.3 is 0 Å². The van der Waals surface area contributed by atoms with Gasteiger partial charge in [0.2, 0.25) is 5.91 Å². The second kappa shape index (κ2) is 6.84. The number of rotatable bonds is 5. The topological polar surface area (TPSA) is 46.9 Å². The molecule has 1 saturated carbocycles. The van der Waals surface area contributed by atoms with Gasteiger partial charge in [0.1, 0.15) is 5.82 Å². The van der Waals surface area contributed by atoms with Crippen molar-refractivity contribution in [1.29, 1.82) is 0 Å². The fourth-order valence-corrected chi connectivity index (χ4v) is 3.51. The van der Waals surface area contributed by atoms with Crippen LogP contribution in [0.3, 0.4) is 0 Å². The molecule has 140 valence electrons. The van der Waals surface area contributed by atoms with Gasteiger partial charge in [-0.05, 0) is 41.9 Å². The first-order chi connectivity index (χ1) is 12.9. The Balaban J connectivity index is 1.65. The van der Waals surface area contributed by atoms with Crippen LogP contribution in [0.25, 0.3) is 11.0 Å². The van der Waals surface area contributed by atoms with Crippen molar-refractivity contribution in [1.82, 2.24) is 9.55 Å². The molecule has 0 atom stereocenters. The SMILES string of the molecule is CC(C)(C)CC(=O)Nc1nc2ccn(Cc3ccccc3)c2cc1C1CC1. The highest BCUT2D eigenvalue weighted by molar-refractivity contribution is 5.93. The van der Waals surface area contributed by atoms with Gasteiger partial charge in [0.25, 0.3) is 0 Å². The van der Waals surface area contributed by atoms with E-state index in [1.54, 1.807) is 0 Å². The summed E-state index contributed by atoms with van der Waals surface area (Å²) in [7, 11) is 0. The largest absolute Gasteiger partial charge is 0.342 e. The van der Waals surface area contributed by atoms with Crippen LogP contribution in [0.1, 0.15) is 57.1 Å². The number of amides is 1. The van der Waals surface area contributed by atoms with E-state index in [4.69, 9.17) is 4.98 Å². The number of aromatic nitrogens is 2. The average Bonchev–Trinajstić information content (AvgIpc) is 3.37. The minimum atomic E-state index is -0.0348. The molecule has 0 radical (unpaired) electrons. The van der Waals surface area contributed by atoms with Crippen LogP contribution < -0.4 is 5.32 Å². The molecule has 4 nitrogen and oxygen atoms in total. The third-order valence-corrected chi connectivity index (χ3v) is 4.94. The van der Waals surface area contributed by atoms with E-state index in [1.807, 2.05) is 12.1 Å². The lowest BCUT2D eigenvalue weighted by Crippen LogP contribution is -2.21. The number of anilines is 1. The number of fused-ring (bicyclic) bond motifs is 1. The molecule has 1 aromatic carbocycles. The molecular formula is C23H27N3O. The van der Waals surface area contributed by atoms with Crippen molar-refractivity contribution < 1.29 is 4.79 Å². The van der Waals surface area contributed by atoms with Crippen LogP contribution in [0.4, 0.5) is 5.82 Å². The van der Waals surface area contributed by atoms with Gasteiger partial charge in [-0.2, -0.15) is 0 Å². The van der Waals surface area contributed by atoms with E-state index in [2.05, 4.69) is 67.2 Å². The van der Waals surface area contributed by atoms with Crippen LogP contribution in [0.2, 0.25) is 0 Å². The van der Waals surface area contributed by atoms with Crippen molar-refractivity contribution in [3.05, 3.63) is 59.8 Å². The number of hydrogen-bond donors (Lipinski definition) is 1. The molecule has 1 aliphatic carbocycles. The minimum absolute atomic E-state index is 0.0348. The maximum Gasteiger partial charge on any atom is 0.226 e. The molecule has 0 saturated heterocycles. The van der Waals surface area contributed by atoms with Gasteiger partial charge in [-0.25, -0.2) is 4.98 Å². The van der Waals surface area contributed by atoms with Crippen LogP contribution in [-0.2, 0) is 11.3 Å². The monoisotopic (exact) mass is 361 g/mol. The molecule has 2 heterocycles. The Hall–Kier alpha value is -2.62. The molecule has 0 bridgehead atoms. The van der Waals surface area contributed by atoms with Crippen molar-refractivity contribution in [2.24, 2.45) is 5.41 Å². The van der Waals surface area contributed by atoms with E-state index >= 15 is 0 Å². The molecule has 27 heavy (non-hydrogen) atoms.